The summed E-state index contributed by atoms with van der Waals surface area (Å²) in [6.45, 7) is 9.44. The van der Waals surface area contributed by atoms with Crippen molar-refractivity contribution in [3.63, 3.8) is 0 Å². The number of aliphatic hydroxyl groups is 1. The van der Waals surface area contributed by atoms with Gasteiger partial charge in [0, 0.05) is 6.54 Å². The lowest BCUT2D eigenvalue weighted by Crippen LogP contribution is -2.42. The molecule has 6 heteroatoms. The van der Waals surface area contributed by atoms with Crippen molar-refractivity contribution in [3.05, 3.63) is 47.5 Å². The highest BCUT2D eigenvalue weighted by atomic mass is 16.6. The van der Waals surface area contributed by atoms with Gasteiger partial charge in [0.05, 0.1) is 17.7 Å². The summed E-state index contributed by atoms with van der Waals surface area (Å²) in [6, 6.07) is 4.69. The molecule has 1 aromatic rings. The minimum atomic E-state index is -1.01. The molecule has 1 aliphatic heterocycles. The van der Waals surface area contributed by atoms with E-state index in [-0.39, 0.29) is 6.54 Å². The summed E-state index contributed by atoms with van der Waals surface area (Å²) in [7, 11) is 0. The van der Waals surface area contributed by atoms with Crippen LogP contribution in [0.4, 0.5) is 4.79 Å². The van der Waals surface area contributed by atoms with Gasteiger partial charge in [-0.3, -0.25) is 0 Å². The molecule has 1 heterocycles. The molecule has 0 bridgehead atoms. The number of carbonyl (C=O) groups is 2. The van der Waals surface area contributed by atoms with E-state index >= 15 is 0 Å². The molecule has 142 valence electrons. The van der Waals surface area contributed by atoms with Crippen LogP contribution in [0.15, 0.2) is 30.9 Å². The Bertz CT molecular complexity index is 692. The summed E-state index contributed by atoms with van der Waals surface area (Å²) in [5.74, 6) is -0.423. The van der Waals surface area contributed by atoms with Gasteiger partial charge < -0.3 is 19.8 Å². The van der Waals surface area contributed by atoms with E-state index in [2.05, 4.69) is 6.58 Å². The summed E-state index contributed by atoms with van der Waals surface area (Å²) in [6.07, 6.45) is 1.41. The van der Waals surface area contributed by atoms with Crippen LogP contribution in [-0.2, 0) is 11.2 Å². The molecule has 1 fully saturated rings. The van der Waals surface area contributed by atoms with Gasteiger partial charge in [-0.05, 0) is 63.3 Å². The highest BCUT2D eigenvalue weighted by Gasteiger charge is 2.33. The maximum atomic E-state index is 12.3. The van der Waals surface area contributed by atoms with E-state index in [0.29, 0.717) is 24.8 Å². The number of allylic oxidation sites excluding steroid dienone is 1. The van der Waals surface area contributed by atoms with Gasteiger partial charge in [-0.1, -0.05) is 12.1 Å². The first-order valence-corrected chi connectivity index (χ1v) is 8.77. The van der Waals surface area contributed by atoms with Gasteiger partial charge in [0.15, 0.2) is 0 Å². The zero-order valence-corrected chi connectivity index (χ0v) is 15.6. The van der Waals surface area contributed by atoms with Crippen LogP contribution in [0.3, 0.4) is 0 Å². The molecule has 1 saturated heterocycles. The van der Waals surface area contributed by atoms with Crippen LogP contribution in [0, 0.1) is 0 Å². The van der Waals surface area contributed by atoms with E-state index < -0.39 is 29.8 Å². The number of ether oxygens (including phenoxy) is 1. The number of likely N-dealkylation sites (tertiary alicyclic amines) is 1. The zero-order valence-electron chi connectivity index (χ0n) is 15.6. The van der Waals surface area contributed by atoms with Crippen molar-refractivity contribution in [1.82, 2.24) is 4.90 Å². The van der Waals surface area contributed by atoms with E-state index in [4.69, 9.17) is 4.74 Å². The fraction of sp³-hybridized carbons (Fsp3) is 0.500. The van der Waals surface area contributed by atoms with Gasteiger partial charge in [0.25, 0.3) is 0 Å². The Kier molecular flexibility index (Phi) is 6.08. The number of carbonyl (C=O) groups excluding carboxylic acids is 1. The fourth-order valence-electron chi connectivity index (χ4n) is 3.20. The van der Waals surface area contributed by atoms with Crippen molar-refractivity contribution in [2.45, 2.75) is 57.8 Å². The average molecular weight is 361 g/mol. The predicted molar refractivity (Wildman–Crippen MR) is 98.2 cm³/mol. The maximum Gasteiger partial charge on any atom is 0.407 e. The van der Waals surface area contributed by atoms with E-state index in [1.807, 2.05) is 0 Å². The molecule has 0 saturated carbocycles. The predicted octanol–water partition coefficient (Wildman–Crippen LogP) is 3.55. The Morgan fingerprint density at radius 1 is 1.38 bits per heavy atom. The molecule has 2 atom stereocenters. The van der Waals surface area contributed by atoms with Crippen molar-refractivity contribution < 1.29 is 24.5 Å². The second-order valence-corrected chi connectivity index (χ2v) is 7.58. The monoisotopic (exact) mass is 361 g/mol. The summed E-state index contributed by atoms with van der Waals surface area (Å²) >= 11 is 0. The number of hydrogen-bond acceptors (Lipinski definition) is 4. The summed E-state index contributed by atoms with van der Waals surface area (Å²) in [5.41, 5.74) is 1.42. The fourth-order valence-corrected chi connectivity index (χ4v) is 3.20. The second-order valence-electron chi connectivity index (χ2n) is 7.58. The number of aliphatic hydroxyl groups excluding tert-OH is 1. The lowest BCUT2D eigenvalue weighted by Gasteiger charge is -2.37. The van der Waals surface area contributed by atoms with E-state index in [1.54, 1.807) is 45.0 Å². The van der Waals surface area contributed by atoms with Crippen molar-refractivity contribution in [1.29, 1.82) is 0 Å². The lowest BCUT2D eigenvalue weighted by atomic mass is 9.88. The van der Waals surface area contributed by atoms with Gasteiger partial charge in [-0.25, -0.2) is 9.59 Å². The number of benzene rings is 1. The van der Waals surface area contributed by atoms with Gasteiger partial charge in [0.2, 0.25) is 0 Å². The van der Waals surface area contributed by atoms with Crippen LogP contribution in [-0.4, -0.2) is 45.4 Å². The molecule has 2 rings (SSSR count). The summed E-state index contributed by atoms with van der Waals surface area (Å²) < 4.78 is 5.41. The van der Waals surface area contributed by atoms with Crippen molar-refractivity contribution in [2.75, 3.05) is 6.54 Å². The first kappa shape index (κ1) is 20.0. The van der Waals surface area contributed by atoms with Crippen LogP contribution < -0.4 is 0 Å². The molecular weight excluding hydrogens is 334 g/mol. The molecule has 0 spiro atoms. The average Bonchev–Trinajstić information content (AvgIpc) is 2.53. The largest absolute Gasteiger partial charge is 0.465 e. The van der Waals surface area contributed by atoms with Crippen molar-refractivity contribution >= 4 is 12.1 Å². The number of amides is 1. The third-order valence-electron chi connectivity index (χ3n) is 4.32. The molecular formula is C20H27NO5. The molecule has 1 aromatic carbocycles. The van der Waals surface area contributed by atoms with E-state index in [9.17, 15) is 19.8 Å². The van der Waals surface area contributed by atoms with Crippen molar-refractivity contribution in [2.24, 2.45) is 0 Å². The van der Waals surface area contributed by atoms with Gasteiger partial charge >= 0.3 is 12.1 Å². The van der Waals surface area contributed by atoms with E-state index in [1.165, 1.54) is 4.90 Å². The molecule has 2 unspecified atom stereocenters. The van der Waals surface area contributed by atoms with E-state index in [0.717, 1.165) is 11.1 Å². The number of nitrogens with zero attached hydrogens (tertiary/aromatic N) is 1. The molecule has 1 aliphatic rings. The van der Waals surface area contributed by atoms with Crippen LogP contribution in [0.25, 0.3) is 0 Å². The van der Waals surface area contributed by atoms with Crippen LogP contribution >= 0.6 is 0 Å². The Balaban J connectivity index is 2.40. The van der Waals surface area contributed by atoms with Gasteiger partial charge in [0.1, 0.15) is 5.60 Å². The number of piperidine rings is 1. The minimum absolute atomic E-state index is 0.280. The first-order valence-electron chi connectivity index (χ1n) is 8.77. The minimum Gasteiger partial charge on any atom is -0.465 e. The van der Waals surface area contributed by atoms with Crippen LogP contribution in [0.5, 0.6) is 0 Å². The lowest BCUT2D eigenvalue weighted by molar-refractivity contribution is 0.00685. The zero-order chi connectivity index (χ0) is 19.5. The van der Waals surface area contributed by atoms with Gasteiger partial charge in [-0.15, -0.1) is 6.58 Å². The first-order chi connectivity index (χ1) is 12.1. The maximum absolute atomic E-state index is 12.3. The molecule has 2 N–H and O–H groups in total. The third-order valence-corrected chi connectivity index (χ3v) is 4.32. The highest BCUT2D eigenvalue weighted by molar-refractivity contribution is 5.90. The quantitative estimate of drug-likeness (QED) is 0.633. The standard InChI is InChI=1S/C20H27NO5/c1-5-6-13-11-14(18(23)26-20(2,3)4)7-8-16(13)17-12-15(22)9-10-21(17)19(24)25/h5,7-8,11,15,17,22H,1,6,9-10,12H2,2-4H3,(H,24,25). The van der Waals surface area contributed by atoms with Crippen LogP contribution in [0.1, 0.15) is 61.1 Å². The Morgan fingerprint density at radius 2 is 2.08 bits per heavy atom. The number of esters is 1. The second kappa shape index (κ2) is 7.91. The Morgan fingerprint density at radius 3 is 2.65 bits per heavy atom. The SMILES string of the molecule is C=CCc1cc(C(=O)OC(C)(C)C)ccc1C1CC(O)CCN1C(=O)O. The molecule has 26 heavy (non-hydrogen) atoms. The molecule has 6 nitrogen and oxygen atoms in total. The molecule has 0 aliphatic carbocycles. The number of carboxylic acid groups (broad SMARTS) is 1. The molecule has 0 aromatic heterocycles. The summed E-state index contributed by atoms with van der Waals surface area (Å²) in [4.78, 5) is 25.3. The molecule has 1 amide bonds. The summed E-state index contributed by atoms with van der Waals surface area (Å²) in [5, 5.41) is 19.5. The Hall–Kier alpha value is -2.34. The normalized spacial score (nSPS) is 20.5. The topological polar surface area (TPSA) is 87.1 Å². The van der Waals surface area contributed by atoms with Crippen molar-refractivity contribution in [3.8, 4) is 0 Å². The van der Waals surface area contributed by atoms with Crippen LogP contribution in [0.2, 0.25) is 0 Å². The number of hydrogen-bond donors (Lipinski definition) is 2. The Labute approximate surface area is 154 Å². The molecule has 0 radical (unpaired) electrons. The third kappa shape index (κ3) is 4.85. The number of rotatable bonds is 4. The smallest absolute Gasteiger partial charge is 0.407 e. The van der Waals surface area contributed by atoms with Gasteiger partial charge in [-0.2, -0.15) is 0 Å². The highest BCUT2D eigenvalue weighted by Crippen LogP contribution is 2.34.